The van der Waals surface area contributed by atoms with Gasteiger partial charge in [-0.3, -0.25) is 4.79 Å². The van der Waals surface area contributed by atoms with Crippen molar-refractivity contribution < 1.29 is 9.90 Å². The largest absolute Gasteiger partial charge is 0.506 e. The van der Waals surface area contributed by atoms with Crippen LogP contribution in [0.4, 0.5) is 5.69 Å². The Bertz CT molecular complexity index is 717. The van der Waals surface area contributed by atoms with E-state index in [9.17, 15) is 9.90 Å². The summed E-state index contributed by atoms with van der Waals surface area (Å²) in [5.74, 6) is -0.0598. The fraction of sp³-hybridized carbons (Fsp3) is 0.188. The van der Waals surface area contributed by atoms with E-state index >= 15 is 0 Å². The summed E-state index contributed by atoms with van der Waals surface area (Å²) >= 11 is 9.50. The SMILES string of the molecule is O=C(c1cc(Br)ccc1Cl)N1CCCc2cccc(O)c21. The van der Waals surface area contributed by atoms with Crippen LogP contribution in [-0.4, -0.2) is 17.6 Å². The first kappa shape index (κ1) is 14.4. The molecule has 0 spiro atoms. The van der Waals surface area contributed by atoms with Crippen molar-refractivity contribution in [3.63, 3.8) is 0 Å². The molecule has 1 aliphatic heterocycles. The first-order chi connectivity index (χ1) is 10.1. The molecule has 3 nitrogen and oxygen atoms in total. The number of aromatic hydroxyl groups is 1. The summed E-state index contributed by atoms with van der Waals surface area (Å²) in [5, 5.41) is 10.5. The highest BCUT2D eigenvalue weighted by Crippen LogP contribution is 2.37. The quantitative estimate of drug-likeness (QED) is 0.812. The molecule has 0 unspecified atom stereocenters. The van der Waals surface area contributed by atoms with Gasteiger partial charge in [0.1, 0.15) is 5.75 Å². The summed E-state index contributed by atoms with van der Waals surface area (Å²) in [5.41, 5.74) is 2.02. The third-order valence-corrected chi connectivity index (χ3v) is 4.42. The molecule has 1 amide bonds. The Morgan fingerprint density at radius 3 is 2.90 bits per heavy atom. The van der Waals surface area contributed by atoms with Crippen molar-refractivity contribution in [2.45, 2.75) is 12.8 Å². The van der Waals surface area contributed by atoms with Crippen molar-refractivity contribution in [2.75, 3.05) is 11.4 Å². The minimum atomic E-state index is -0.191. The van der Waals surface area contributed by atoms with Gasteiger partial charge in [-0.05, 0) is 42.7 Å². The van der Waals surface area contributed by atoms with Crippen molar-refractivity contribution in [3.05, 3.63) is 57.0 Å². The van der Waals surface area contributed by atoms with E-state index in [1.165, 1.54) is 0 Å². The molecule has 0 saturated carbocycles. The number of phenolic OH excluding ortho intramolecular Hbond substituents is 1. The Morgan fingerprint density at radius 2 is 2.10 bits per heavy atom. The fourth-order valence-electron chi connectivity index (χ4n) is 2.64. The third-order valence-electron chi connectivity index (χ3n) is 3.60. The average Bonchev–Trinajstić information content (AvgIpc) is 2.49. The Morgan fingerprint density at radius 1 is 1.29 bits per heavy atom. The van der Waals surface area contributed by atoms with Crippen LogP contribution in [0.25, 0.3) is 0 Å². The number of halogens is 2. The molecule has 3 rings (SSSR count). The van der Waals surface area contributed by atoms with Crippen LogP contribution in [0, 0.1) is 0 Å². The Hall–Kier alpha value is -1.52. The number of hydrogen-bond donors (Lipinski definition) is 1. The first-order valence-electron chi connectivity index (χ1n) is 6.65. The van der Waals surface area contributed by atoms with Crippen molar-refractivity contribution in [1.82, 2.24) is 0 Å². The number of amides is 1. The zero-order valence-electron chi connectivity index (χ0n) is 11.1. The van der Waals surface area contributed by atoms with Crippen LogP contribution in [0.15, 0.2) is 40.9 Å². The highest BCUT2D eigenvalue weighted by Gasteiger charge is 2.27. The Labute approximate surface area is 136 Å². The number of phenols is 1. The van der Waals surface area contributed by atoms with E-state index in [1.807, 2.05) is 6.07 Å². The highest BCUT2D eigenvalue weighted by atomic mass is 79.9. The Balaban J connectivity index is 2.06. The minimum Gasteiger partial charge on any atom is -0.506 e. The lowest BCUT2D eigenvalue weighted by molar-refractivity contribution is 0.0984. The maximum absolute atomic E-state index is 12.8. The lowest BCUT2D eigenvalue weighted by atomic mass is 10.00. The van der Waals surface area contributed by atoms with Gasteiger partial charge < -0.3 is 10.0 Å². The molecule has 2 aromatic rings. The Kier molecular flexibility index (Phi) is 3.91. The van der Waals surface area contributed by atoms with E-state index in [2.05, 4.69) is 15.9 Å². The molecule has 0 atom stereocenters. The normalized spacial score (nSPS) is 13.9. The van der Waals surface area contributed by atoms with Gasteiger partial charge in [0.2, 0.25) is 0 Å². The summed E-state index contributed by atoms with van der Waals surface area (Å²) in [6.45, 7) is 0.576. The fourth-order valence-corrected chi connectivity index (χ4v) is 3.20. The number of anilines is 1. The number of carbonyl (C=O) groups is 1. The maximum atomic E-state index is 12.8. The van der Waals surface area contributed by atoms with Crippen LogP contribution >= 0.6 is 27.5 Å². The zero-order chi connectivity index (χ0) is 15.0. The first-order valence-corrected chi connectivity index (χ1v) is 7.83. The predicted molar refractivity (Wildman–Crippen MR) is 87.3 cm³/mol. The van der Waals surface area contributed by atoms with Gasteiger partial charge in [0.05, 0.1) is 16.3 Å². The molecule has 2 aromatic carbocycles. The number of fused-ring (bicyclic) bond motifs is 1. The van der Waals surface area contributed by atoms with Gasteiger partial charge in [-0.2, -0.15) is 0 Å². The lowest BCUT2D eigenvalue weighted by Gasteiger charge is -2.30. The van der Waals surface area contributed by atoms with Crippen LogP contribution in [0.1, 0.15) is 22.3 Å². The standard InChI is InChI=1S/C16H13BrClNO2/c17-11-6-7-13(18)12(9-11)16(21)19-8-2-4-10-3-1-5-14(20)15(10)19/h1,3,5-7,9,20H,2,4,8H2. The maximum Gasteiger partial charge on any atom is 0.259 e. The summed E-state index contributed by atoms with van der Waals surface area (Å²) in [4.78, 5) is 14.4. The smallest absolute Gasteiger partial charge is 0.259 e. The highest BCUT2D eigenvalue weighted by molar-refractivity contribution is 9.10. The van der Waals surface area contributed by atoms with Crippen molar-refractivity contribution in [2.24, 2.45) is 0 Å². The summed E-state index contributed by atoms with van der Waals surface area (Å²) in [7, 11) is 0. The van der Waals surface area contributed by atoms with E-state index in [0.29, 0.717) is 22.8 Å². The molecule has 1 aliphatic rings. The van der Waals surface area contributed by atoms with E-state index < -0.39 is 0 Å². The number of nitrogens with zero attached hydrogens (tertiary/aromatic N) is 1. The summed E-state index contributed by atoms with van der Waals surface area (Å²) in [6, 6.07) is 10.5. The molecular formula is C16H13BrClNO2. The number of hydrogen-bond acceptors (Lipinski definition) is 2. The van der Waals surface area contributed by atoms with Crippen molar-refractivity contribution >= 4 is 39.1 Å². The second-order valence-electron chi connectivity index (χ2n) is 4.97. The third kappa shape index (κ3) is 2.65. The molecule has 21 heavy (non-hydrogen) atoms. The van der Waals surface area contributed by atoms with Gasteiger partial charge in [-0.25, -0.2) is 0 Å². The molecule has 0 aromatic heterocycles. The van der Waals surface area contributed by atoms with E-state index in [-0.39, 0.29) is 11.7 Å². The molecule has 0 bridgehead atoms. The van der Waals surface area contributed by atoms with Gasteiger partial charge in [0.15, 0.2) is 0 Å². The van der Waals surface area contributed by atoms with Crippen LogP contribution < -0.4 is 4.90 Å². The van der Waals surface area contributed by atoms with Gasteiger partial charge >= 0.3 is 0 Å². The lowest BCUT2D eigenvalue weighted by Crippen LogP contribution is -2.35. The number of para-hydroxylation sites is 1. The minimum absolute atomic E-state index is 0.131. The van der Waals surface area contributed by atoms with Gasteiger partial charge in [-0.15, -0.1) is 0 Å². The molecule has 0 aliphatic carbocycles. The zero-order valence-corrected chi connectivity index (χ0v) is 13.5. The van der Waals surface area contributed by atoms with Crippen LogP contribution in [0.3, 0.4) is 0 Å². The molecule has 0 radical (unpaired) electrons. The van der Waals surface area contributed by atoms with Crippen LogP contribution in [0.5, 0.6) is 5.75 Å². The van der Waals surface area contributed by atoms with Gasteiger partial charge in [0, 0.05) is 11.0 Å². The van der Waals surface area contributed by atoms with Gasteiger partial charge in [-0.1, -0.05) is 39.7 Å². The van der Waals surface area contributed by atoms with E-state index in [0.717, 1.165) is 22.9 Å². The van der Waals surface area contributed by atoms with Crippen LogP contribution in [-0.2, 0) is 6.42 Å². The predicted octanol–water partition coefficient (Wildman–Crippen LogP) is 4.40. The molecule has 0 fully saturated rings. The van der Waals surface area contributed by atoms with Gasteiger partial charge in [0.25, 0.3) is 5.91 Å². The van der Waals surface area contributed by atoms with E-state index in [1.54, 1.807) is 35.2 Å². The summed E-state index contributed by atoms with van der Waals surface area (Å²) in [6.07, 6.45) is 1.73. The molecule has 0 saturated heterocycles. The second-order valence-corrected chi connectivity index (χ2v) is 6.29. The average molecular weight is 367 g/mol. The molecule has 5 heteroatoms. The van der Waals surface area contributed by atoms with Crippen molar-refractivity contribution in [3.8, 4) is 5.75 Å². The number of benzene rings is 2. The number of aryl methyl sites for hydroxylation is 1. The number of rotatable bonds is 1. The van der Waals surface area contributed by atoms with Crippen molar-refractivity contribution in [1.29, 1.82) is 0 Å². The molecule has 108 valence electrons. The molecule has 1 N–H and O–H groups in total. The van der Waals surface area contributed by atoms with E-state index in [4.69, 9.17) is 11.6 Å². The topological polar surface area (TPSA) is 40.5 Å². The molecular weight excluding hydrogens is 354 g/mol. The molecule has 1 heterocycles. The summed E-state index contributed by atoms with van der Waals surface area (Å²) < 4.78 is 0.796. The number of carbonyl (C=O) groups excluding carboxylic acids is 1. The van der Waals surface area contributed by atoms with Crippen LogP contribution in [0.2, 0.25) is 5.02 Å². The monoisotopic (exact) mass is 365 g/mol. The second kappa shape index (κ2) is 5.70.